The third kappa shape index (κ3) is 5.96. The van der Waals surface area contributed by atoms with Crippen molar-refractivity contribution in [1.82, 2.24) is 28.0 Å². The summed E-state index contributed by atoms with van der Waals surface area (Å²) in [6, 6.07) is 7.21. The number of hydrogen-bond acceptors (Lipinski definition) is 8. The van der Waals surface area contributed by atoms with Gasteiger partial charge in [0.15, 0.2) is 0 Å². The molecule has 0 aromatic heterocycles. The van der Waals surface area contributed by atoms with Gasteiger partial charge in [-0.3, -0.25) is 0 Å². The molecule has 9 nitrogen and oxygen atoms in total. The topological polar surface area (TPSA) is 58.1 Å². The quantitative estimate of drug-likeness (QED) is 0.357. The second-order valence-corrected chi connectivity index (χ2v) is 22.5. The molecule has 6 aliphatic heterocycles. The van der Waals surface area contributed by atoms with Gasteiger partial charge in [0, 0.05) is 72.0 Å². The first kappa shape index (κ1) is 31.2. The van der Waals surface area contributed by atoms with Crippen molar-refractivity contribution in [3.05, 3.63) is 35.6 Å². The first-order valence-corrected chi connectivity index (χ1v) is 22.1. The largest absolute Gasteiger partial charge is 0.361 e. The molecule has 0 radical (unpaired) electrons. The van der Waals surface area contributed by atoms with E-state index in [1.807, 2.05) is 12.1 Å². The molecule has 1 aromatic rings. The molecule has 6 heterocycles. The molecule has 0 bridgehead atoms. The van der Waals surface area contributed by atoms with Gasteiger partial charge in [0.25, 0.3) is 0 Å². The third-order valence-electron chi connectivity index (χ3n) is 10.5. The molecule has 1 spiro atoms. The van der Waals surface area contributed by atoms with Crippen LogP contribution in [-0.2, 0) is 6.54 Å². The molecule has 6 aliphatic rings. The zero-order chi connectivity index (χ0) is 29.3. The molecule has 0 saturated carbocycles. The Bertz CT molecular complexity index is 1200. The lowest BCUT2D eigenvalue weighted by Gasteiger charge is -2.49. The summed E-state index contributed by atoms with van der Waals surface area (Å²) in [6.45, 7) is 11.9. The van der Waals surface area contributed by atoms with E-state index in [4.69, 9.17) is 9.03 Å². The number of nitrogens with one attached hydrogen (secondary N) is 1. The third-order valence-corrected chi connectivity index (χ3v) is 23.5. The number of rotatable bonds is 6. The smallest absolute Gasteiger partial charge is 0.239 e. The van der Waals surface area contributed by atoms with E-state index in [0.29, 0.717) is 0 Å². The second kappa shape index (κ2) is 13.4. The van der Waals surface area contributed by atoms with E-state index in [1.54, 1.807) is 12.1 Å². The molecule has 7 rings (SSSR count). The number of nitrogens with zero attached hydrogens (tertiary/aromatic N) is 8. The van der Waals surface area contributed by atoms with Crippen LogP contribution in [0.4, 0.5) is 4.39 Å². The highest BCUT2D eigenvalue weighted by Gasteiger charge is 2.58. The Hall–Kier alpha value is -0.400. The molecule has 13 heteroatoms. The van der Waals surface area contributed by atoms with Gasteiger partial charge in [-0.1, -0.05) is 37.8 Å². The Labute approximate surface area is 259 Å². The van der Waals surface area contributed by atoms with Gasteiger partial charge >= 0.3 is 15.0 Å². The summed E-state index contributed by atoms with van der Waals surface area (Å²) in [4.78, 5) is 0. The van der Waals surface area contributed by atoms with E-state index in [2.05, 4.69) is 39.6 Å². The van der Waals surface area contributed by atoms with Crippen molar-refractivity contribution < 1.29 is 8.91 Å². The highest BCUT2D eigenvalue weighted by Crippen LogP contribution is 2.77. The lowest BCUT2D eigenvalue weighted by Crippen LogP contribution is -2.72. The fourth-order valence-corrected chi connectivity index (χ4v) is 25.0. The highest BCUT2D eigenvalue weighted by molar-refractivity contribution is 7.78. The molecule has 5 fully saturated rings. The Balaban J connectivity index is 1.49. The average Bonchev–Trinajstić information content (AvgIpc) is 3.35. The predicted molar refractivity (Wildman–Crippen MR) is 178 cm³/mol. The molecule has 1 aromatic carbocycles. The maximum atomic E-state index is 14.0. The van der Waals surface area contributed by atoms with Crippen LogP contribution in [0, 0.1) is 5.82 Å². The Morgan fingerprint density at radius 3 is 1.56 bits per heavy atom. The Morgan fingerprint density at radius 2 is 1.07 bits per heavy atom. The second-order valence-electron chi connectivity index (χ2n) is 13.4. The zero-order valence-electron chi connectivity index (χ0n) is 26.4. The number of hydrogen-bond donors (Lipinski definition) is 1. The first-order valence-electron chi connectivity index (χ1n) is 17.2. The Morgan fingerprint density at radius 1 is 0.605 bits per heavy atom. The van der Waals surface area contributed by atoms with Crippen molar-refractivity contribution in [2.75, 3.05) is 72.5 Å². The minimum absolute atomic E-state index is 0.161. The maximum Gasteiger partial charge on any atom is 0.361 e. The van der Waals surface area contributed by atoms with Crippen LogP contribution in [0.1, 0.15) is 82.6 Å². The maximum absolute atomic E-state index is 14.0. The van der Waals surface area contributed by atoms with Crippen LogP contribution in [0.25, 0.3) is 0 Å². The van der Waals surface area contributed by atoms with E-state index >= 15 is 0 Å². The minimum atomic E-state index is -2.37. The van der Waals surface area contributed by atoms with Crippen LogP contribution in [0.3, 0.4) is 0 Å². The predicted octanol–water partition coefficient (Wildman–Crippen LogP) is 6.45. The van der Waals surface area contributed by atoms with Gasteiger partial charge in [0.1, 0.15) is 5.82 Å². The average molecular weight is 653 g/mol. The fraction of sp³-hybridized carbons (Fsp3) is 0.800. The zero-order valence-corrected chi connectivity index (χ0v) is 29.1. The number of benzene rings is 1. The van der Waals surface area contributed by atoms with Crippen molar-refractivity contribution in [2.24, 2.45) is 9.03 Å². The molecule has 0 amide bonds. The molecular formula is C30H54FN9P3+. The van der Waals surface area contributed by atoms with Crippen molar-refractivity contribution >= 4 is 22.5 Å². The van der Waals surface area contributed by atoms with Crippen LogP contribution in [0.2, 0.25) is 0 Å². The summed E-state index contributed by atoms with van der Waals surface area (Å²) in [6.07, 6.45) is 15.4. The van der Waals surface area contributed by atoms with Crippen LogP contribution >= 0.6 is 22.5 Å². The fourth-order valence-electron chi connectivity index (χ4n) is 8.00. The lowest BCUT2D eigenvalue weighted by atomic mass is 10.2. The molecule has 43 heavy (non-hydrogen) atoms. The molecule has 0 aliphatic carbocycles. The summed E-state index contributed by atoms with van der Waals surface area (Å²) >= 11 is 0. The SMILES string of the molecule is CN1CCN(Cc2ccc(F)cc2)P12=[NH+]P(N1CCCCC1)(N1CCCCC1)=NP(N1CCCCC1)(N1CCCCC1)=N2. The van der Waals surface area contributed by atoms with Crippen molar-refractivity contribution in [2.45, 2.75) is 83.6 Å². The van der Waals surface area contributed by atoms with Gasteiger partial charge in [-0.05, 0) is 76.1 Å². The van der Waals surface area contributed by atoms with Crippen LogP contribution < -0.4 is 4.52 Å². The van der Waals surface area contributed by atoms with E-state index in [9.17, 15) is 4.39 Å². The normalized spacial score (nSPS) is 31.9. The van der Waals surface area contributed by atoms with Gasteiger partial charge in [0.05, 0.1) is 0 Å². The molecule has 5 saturated heterocycles. The van der Waals surface area contributed by atoms with Gasteiger partial charge < -0.3 is 0 Å². The number of piperidine rings is 4. The summed E-state index contributed by atoms with van der Waals surface area (Å²) in [5, 5.41) is 0. The molecule has 1 atom stereocenters. The molecule has 1 N–H and O–H groups in total. The van der Waals surface area contributed by atoms with Gasteiger partial charge in [-0.15, -0.1) is 9.03 Å². The van der Waals surface area contributed by atoms with Crippen LogP contribution in [0.5, 0.6) is 0 Å². The summed E-state index contributed by atoms with van der Waals surface area (Å²) in [5.41, 5.74) is 1.18. The van der Waals surface area contributed by atoms with E-state index < -0.39 is 22.5 Å². The van der Waals surface area contributed by atoms with Crippen LogP contribution in [-0.4, -0.2) is 101 Å². The van der Waals surface area contributed by atoms with E-state index in [0.717, 1.165) is 72.0 Å². The Kier molecular flexibility index (Phi) is 9.71. The summed E-state index contributed by atoms with van der Waals surface area (Å²) in [5.74, 6) is -0.161. The van der Waals surface area contributed by atoms with Gasteiger partial charge in [0.2, 0.25) is 7.51 Å². The molecular weight excluding hydrogens is 598 g/mol. The van der Waals surface area contributed by atoms with Gasteiger partial charge in [-0.25, -0.2) is 27.7 Å². The standard InChI is InChI=1S/C30H53FN9P3/c1-35-26-27-40(28-29-14-16-30(31)17-15-29)41(35)32-42(36-18-6-2-7-19-36,37-20-8-3-9-21-37)34-43(33-41,38-22-10-4-11-23-38)39-24-12-5-13-25-39/h14-17H,2-13,18-28H2,1H3/p+1. The summed E-state index contributed by atoms with van der Waals surface area (Å²) in [7, 11) is -4.66. The van der Waals surface area contributed by atoms with Crippen molar-refractivity contribution in [1.29, 1.82) is 0 Å². The highest BCUT2D eigenvalue weighted by atomic mass is 31.3. The van der Waals surface area contributed by atoms with Crippen molar-refractivity contribution in [3.8, 4) is 0 Å². The molecule has 240 valence electrons. The minimum Gasteiger partial charge on any atom is -0.239 e. The number of halogens is 1. The number of likely N-dealkylation sites (N-methyl/N-ethyl adjacent to an activating group) is 1. The lowest BCUT2D eigenvalue weighted by molar-refractivity contribution is -0.274. The molecule has 1 unspecified atom stereocenters. The van der Waals surface area contributed by atoms with Gasteiger partial charge in [-0.2, -0.15) is 9.19 Å². The first-order chi connectivity index (χ1) is 21.0. The monoisotopic (exact) mass is 652 g/mol. The van der Waals surface area contributed by atoms with Crippen molar-refractivity contribution in [3.63, 3.8) is 0 Å². The van der Waals surface area contributed by atoms with Crippen LogP contribution in [0.15, 0.2) is 33.3 Å². The summed E-state index contributed by atoms with van der Waals surface area (Å²) < 4.78 is 47.9. The van der Waals surface area contributed by atoms with E-state index in [-0.39, 0.29) is 5.82 Å². The van der Waals surface area contributed by atoms with E-state index in [1.165, 1.54) is 82.6 Å².